The molecule has 0 bridgehead atoms. The number of para-hydroxylation sites is 1. The summed E-state index contributed by atoms with van der Waals surface area (Å²) in [6.45, 7) is 0. The van der Waals surface area contributed by atoms with E-state index in [1.165, 1.54) is 12.7 Å². The van der Waals surface area contributed by atoms with E-state index in [1.54, 1.807) is 6.07 Å². The van der Waals surface area contributed by atoms with Crippen molar-refractivity contribution >= 4 is 17.0 Å². The van der Waals surface area contributed by atoms with Gasteiger partial charge >= 0.3 is 5.97 Å². The Bertz CT molecular complexity index is 1030. The number of hydrogen-bond acceptors (Lipinski definition) is 3. The van der Waals surface area contributed by atoms with Crippen molar-refractivity contribution in [3.63, 3.8) is 0 Å². The average molecular weight is 328 g/mol. The molecule has 0 aliphatic carbocycles. The number of benzene rings is 3. The molecule has 1 heterocycles. The molecule has 3 aromatic carbocycles. The van der Waals surface area contributed by atoms with Crippen LogP contribution < -0.4 is 0 Å². The normalized spacial score (nSPS) is 10.8. The highest BCUT2D eigenvalue weighted by Crippen LogP contribution is 2.26. The van der Waals surface area contributed by atoms with Gasteiger partial charge in [0, 0.05) is 5.56 Å². The summed E-state index contributed by atoms with van der Waals surface area (Å²) in [5, 5.41) is 0. The molecule has 0 saturated heterocycles. The van der Waals surface area contributed by atoms with E-state index in [4.69, 9.17) is 4.74 Å². The Morgan fingerprint density at radius 1 is 0.840 bits per heavy atom. The zero-order valence-corrected chi connectivity index (χ0v) is 13.7. The summed E-state index contributed by atoms with van der Waals surface area (Å²) in [6.07, 6.45) is 0. The number of carbonyl (C=O) groups is 1. The zero-order valence-electron chi connectivity index (χ0n) is 13.7. The van der Waals surface area contributed by atoms with E-state index >= 15 is 0 Å². The Morgan fingerprint density at radius 2 is 1.52 bits per heavy atom. The molecule has 4 heteroatoms. The largest absolute Gasteiger partial charge is 0.465 e. The first kappa shape index (κ1) is 15.1. The van der Waals surface area contributed by atoms with Crippen molar-refractivity contribution in [2.45, 2.75) is 0 Å². The number of aromatic nitrogens is 2. The lowest BCUT2D eigenvalue weighted by molar-refractivity contribution is 0.0603. The number of esters is 1. The van der Waals surface area contributed by atoms with Crippen LogP contribution in [0.15, 0.2) is 72.8 Å². The van der Waals surface area contributed by atoms with Gasteiger partial charge in [-0.2, -0.15) is 0 Å². The van der Waals surface area contributed by atoms with Gasteiger partial charge in [0.1, 0.15) is 11.3 Å². The third-order valence-corrected chi connectivity index (χ3v) is 4.18. The van der Waals surface area contributed by atoms with Crippen LogP contribution in [-0.2, 0) is 4.74 Å². The van der Waals surface area contributed by atoms with Gasteiger partial charge in [0.2, 0.25) is 0 Å². The molecule has 0 aliphatic heterocycles. The molecule has 0 amide bonds. The molecule has 4 aromatic rings. The zero-order chi connectivity index (χ0) is 17.2. The second-order valence-electron chi connectivity index (χ2n) is 5.72. The van der Waals surface area contributed by atoms with Crippen LogP contribution in [0.1, 0.15) is 10.4 Å². The summed E-state index contributed by atoms with van der Waals surface area (Å²) in [7, 11) is 1.37. The van der Waals surface area contributed by atoms with Crippen molar-refractivity contribution in [3.8, 4) is 22.5 Å². The van der Waals surface area contributed by atoms with E-state index in [-0.39, 0.29) is 5.97 Å². The van der Waals surface area contributed by atoms with Crippen molar-refractivity contribution in [1.29, 1.82) is 0 Å². The molecule has 0 aliphatic rings. The van der Waals surface area contributed by atoms with E-state index in [2.05, 4.69) is 34.2 Å². The number of methoxy groups -OCH3 is 1. The van der Waals surface area contributed by atoms with E-state index in [0.29, 0.717) is 11.1 Å². The lowest BCUT2D eigenvalue weighted by Gasteiger charge is -2.02. The molecule has 0 atom stereocenters. The van der Waals surface area contributed by atoms with Gasteiger partial charge in [0.05, 0.1) is 18.2 Å². The highest BCUT2D eigenvalue weighted by Gasteiger charge is 2.14. The monoisotopic (exact) mass is 328 g/mol. The summed E-state index contributed by atoms with van der Waals surface area (Å²) in [5.41, 5.74) is 5.18. The van der Waals surface area contributed by atoms with Gasteiger partial charge < -0.3 is 9.72 Å². The molecule has 0 unspecified atom stereocenters. The molecular formula is C21H16N2O2. The Morgan fingerprint density at radius 3 is 2.24 bits per heavy atom. The molecule has 0 saturated carbocycles. The number of fused-ring (bicyclic) bond motifs is 1. The smallest absolute Gasteiger partial charge is 0.340 e. The van der Waals surface area contributed by atoms with Crippen LogP contribution in [0, 0.1) is 0 Å². The van der Waals surface area contributed by atoms with Gasteiger partial charge in [-0.25, -0.2) is 9.78 Å². The highest BCUT2D eigenvalue weighted by molar-refractivity contribution is 6.02. The van der Waals surface area contributed by atoms with E-state index in [0.717, 1.165) is 22.5 Å². The van der Waals surface area contributed by atoms with Crippen molar-refractivity contribution < 1.29 is 9.53 Å². The fourth-order valence-corrected chi connectivity index (χ4v) is 2.89. The summed E-state index contributed by atoms with van der Waals surface area (Å²) in [5.74, 6) is 0.342. The predicted octanol–water partition coefficient (Wildman–Crippen LogP) is 4.68. The third kappa shape index (κ3) is 2.78. The van der Waals surface area contributed by atoms with Crippen LogP contribution in [0.3, 0.4) is 0 Å². The number of nitrogens with zero attached hydrogens (tertiary/aromatic N) is 1. The van der Waals surface area contributed by atoms with Crippen LogP contribution in [0.4, 0.5) is 0 Å². The summed E-state index contributed by atoms with van der Waals surface area (Å²) in [4.78, 5) is 19.8. The molecule has 0 spiro atoms. The van der Waals surface area contributed by atoms with Crippen LogP contribution in [0.25, 0.3) is 33.5 Å². The van der Waals surface area contributed by atoms with Crippen molar-refractivity contribution in [1.82, 2.24) is 9.97 Å². The number of nitrogens with one attached hydrogen (secondary N) is 1. The van der Waals surface area contributed by atoms with E-state index in [9.17, 15) is 4.79 Å². The standard InChI is InChI=1S/C21H16N2O2/c1-25-21(24)17-8-5-9-18-19(17)23-20(22-18)16-12-10-15(11-13-16)14-6-3-2-4-7-14/h2-13H,1H3,(H,22,23). The SMILES string of the molecule is COC(=O)c1cccc2[nH]c(-c3ccc(-c4ccccc4)cc3)nc12. The molecule has 0 fully saturated rings. The van der Waals surface area contributed by atoms with Gasteiger partial charge in [0.25, 0.3) is 0 Å². The van der Waals surface area contributed by atoms with Crippen LogP contribution in [-0.4, -0.2) is 23.0 Å². The minimum Gasteiger partial charge on any atom is -0.465 e. The number of aromatic amines is 1. The van der Waals surface area contributed by atoms with Gasteiger partial charge in [-0.1, -0.05) is 60.7 Å². The molecule has 122 valence electrons. The second-order valence-corrected chi connectivity index (χ2v) is 5.72. The predicted molar refractivity (Wildman–Crippen MR) is 98.3 cm³/mol. The van der Waals surface area contributed by atoms with Crippen molar-refractivity contribution in [2.24, 2.45) is 0 Å². The van der Waals surface area contributed by atoms with Gasteiger partial charge in [-0.3, -0.25) is 0 Å². The van der Waals surface area contributed by atoms with Crippen molar-refractivity contribution in [3.05, 3.63) is 78.4 Å². The number of imidazole rings is 1. The minimum atomic E-state index is -0.386. The molecule has 25 heavy (non-hydrogen) atoms. The first-order valence-corrected chi connectivity index (χ1v) is 7.99. The first-order chi connectivity index (χ1) is 12.3. The first-order valence-electron chi connectivity index (χ1n) is 7.99. The van der Waals surface area contributed by atoms with Crippen LogP contribution in [0.2, 0.25) is 0 Å². The average Bonchev–Trinajstić information content (AvgIpc) is 3.12. The van der Waals surface area contributed by atoms with Gasteiger partial charge in [-0.05, 0) is 23.3 Å². The van der Waals surface area contributed by atoms with Gasteiger partial charge in [-0.15, -0.1) is 0 Å². The summed E-state index contributed by atoms with van der Waals surface area (Å²) < 4.78 is 4.83. The minimum absolute atomic E-state index is 0.386. The summed E-state index contributed by atoms with van der Waals surface area (Å²) in [6, 6.07) is 23.8. The third-order valence-electron chi connectivity index (χ3n) is 4.18. The molecular weight excluding hydrogens is 312 g/mol. The fourth-order valence-electron chi connectivity index (χ4n) is 2.89. The maximum Gasteiger partial charge on any atom is 0.340 e. The lowest BCUT2D eigenvalue weighted by atomic mass is 10.0. The Labute approximate surface area is 145 Å². The summed E-state index contributed by atoms with van der Waals surface area (Å²) >= 11 is 0. The second kappa shape index (κ2) is 6.24. The number of H-pyrrole nitrogens is 1. The molecule has 0 radical (unpaired) electrons. The fraction of sp³-hybridized carbons (Fsp3) is 0.0476. The molecule has 1 N–H and O–H groups in total. The molecule has 4 rings (SSSR count). The Hall–Kier alpha value is -3.40. The highest BCUT2D eigenvalue weighted by atomic mass is 16.5. The number of rotatable bonds is 3. The number of carbonyl (C=O) groups excluding carboxylic acids is 1. The number of ether oxygens (including phenoxy) is 1. The Balaban J connectivity index is 1.74. The molecule has 4 nitrogen and oxygen atoms in total. The van der Waals surface area contributed by atoms with Crippen LogP contribution >= 0.6 is 0 Å². The van der Waals surface area contributed by atoms with Gasteiger partial charge in [0.15, 0.2) is 0 Å². The number of hydrogen-bond donors (Lipinski definition) is 1. The Kier molecular flexibility index (Phi) is 3.78. The lowest BCUT2D eigenvalue weighted by Crippen LogP contribution is -2.01. The maximum atomic E-state index is 11.9. The van der Waals surface area contributed by atoms with E-state index in [1.807, 2.05) is 42.5 Å². The topological polar surface area (TPSA) is 55.0 Å². The van der Waals surface area contributed by atoms with E-state index < -0.39 is 0 Å². The molecule has 1 aromatic heterocycles. The van der Waals surface area contributed by atoms with Crippen molar-refractivity contribution in [2.75, 3.05) is 7.11 Å². The maximum absolute atomic E-state index is 11.9. The van der Waals surface area contributed by atoms with Crippen LogP contribution in [0.5, 0.6) is 0 Å². The quantitative estimate of drug-likeness (QED) is 0.555.